The van der Waals surface area contributed by atoms with Crippen molar-refractivity contribution in [3.05, 3.63) is 24.1 Å². The molecule has 1 aromatic rings. The molecule has 0 bridgehead atoms. The van der Waals surface area contributed by atoms with Crippen LogP contribution >= 0.6 is 0 Å². The average molecular weight is 237 g/mol. The molecule has 17 heavy (non-hydrogen) atoms. The predicted molar refractivity (Wildman–Crippen MR) is 67.7 cm³/mol. The summed E-state index contributed by atoms with van der Waals surface area (Å²) >= 11 is 0. The molecule has 0 atom stereocenters. The molecule has 0 aliphatic heterocycles. The molecule has 94 valence electrons. The lowest BCUT2D eigenvalue weighted by Gasteiger charge is -2.49. The van der Waals surface area contributed by atoms with Crippen molar-refractivity contribution in [1.82, 2.24) is 9.88 Å². The van der Waals surface area contributed by atoms with Gasteiger partial charge in [-0.05, 0) is 45.5 Å². The van der Waals surface area contributed by atoms with Crippen molar-refractivity contribution in [2.75, 3.05) is 32.6 Å². The van der Waals surface area contributed by atoms with Crippen molar-refractivity contribution in [2.45, 2.75) is 24.8 Å². The summed E-state index contributed by atoms with van der Waals surface area (Å²) in [6.07, 6.45) is 3.70. The van der Waals surface area contributed by atoms with E-state index in [1.54, 1.807) is 6.07 Å². The van der Waals surface area contributed by atoms with E-state index >= 15 is 0 Å². The molecule has 1 aliphatic carbocycles. The number of pyridine rings is 1. The van der Waals surface area contributed by atoms with Gasteiger partial charge in [0.15, 0.2) is 0 Å². The van der Waals surface area contributed by atoms with E-state index in [2.05, 4.69) is 24.0 Å². The topological polar surface area (TPSA) is 19.4 Å². The van der Waals surface area contributed by atoms with Gasteiger partial charge in [-0.3, -0.25) is 0 Å². The zero-order valence-corrected chi connectivity index (χ0v) is 10.8. The number of rotatable bonds is 4. The highest BCUT2D eigenvalue weighted by Crippen LogP contribution is 2.37. The van der Waals surface area contributed by atoms with E-state index in [-0.39, 0.29) is 5.54 Å². The highest BCUT2D eigenvalue weighted by Gasteiger charge is 2.40. The maximum atomic E-state index is 13.1. The van der Waals surface area contributed by atoms with E-state index in [4.69, 9.17) is 0 Å². The molecule has 0 radical (unpaired) electrons. The minimum Gasteiger partial charge on any atom is -0.358 e. The average Bonchev–Trinajstić information content (AvgIpc) is 2.22. The first kappa shape index (κ1) is 12.3. The first-order valence-electron chi connectivity index (χ1n) is 6.05. The van der Waals surface area contributed by atoms with Crippen LogP contribution in [0.1, 0.15) is 19.3 Å². The number of aromatic nitrogens is 1. The molecule has 0 unspecified atom stereocenters. The molecule has 0 saturated heterocycles. The molecule has 2 rings (SSSR count). The second-order valence-corrected chi connectivity index (χ2v) is 5.15. The van der Waals surface area contributed by atoms with Crippen LogP contribution in [0.5, 0.6) is 0 Å². The summed E-state index contributed by atoms with van der Waals surface area (Å²) in [4.78, 5) is 8.24. The molecule has 1 heterocycles. The Morgan fingerprint density at radius 1 is 1.29 bits per heavy atom. The van der Waals surface area contributed by atoms with E-state index < -0.39 is 5.95 Å². The molecule has 0 N–H and O–H groups in total. The summed E-state index contributed by atoms with van der Waals surface area (Å²) in [5.41, 5.74) is 0.239. The Kier molecular flexibility index (Phi) is 3.33. The molecule has 4 heteroatoms. The molecule has 0 amide bonds. The van der Waals surface area contributed by atoms with Crippen molar-refractivity contribution in [2.24, 2.45) is 0 Å². The van der Waals surface area contributed by atoms with Gasteiger partial charge in [0, 0.05) is 19.1 Å². The Balaban J connectivity index is 2.08. The predicted octanol–water partition coefficient (Wildman–Crippen LogP) is 2.14. The number of likely N-dealkylation sites (N-methyl/N-ethyl adjacent to an activating group) is 2. The normalized spacial score (nSPS) is 17.9. The molecule has 1 saturated carbocycles. The summed E-state index contributed by atoms with van der Waals surface area (Å²) in [6, 6.07) is 4.94. The lowest BCUT2D eigenvalue weighted by molar-refractivity contribution is 0.0681. The van der Waals surface area contributed by atoms with Crippen LogP contribution in [0.25, 0.3) is 0 Å². The quantitative estimate of drug-likeness (QED) is 0.748. The first-order chi connectivity index (χ1) is 8.03. The van der Waals surface area contributed by atoms with Gasteiger partial charge in [0.05, 0.1) is 0 Å². The van der Waals surface area contributed by atoms with Crippen LogP contribution in [0, 0.1) is 5.95 Å². The molecule has 1 aromatic heterocycles. The fourth-order valence-corrected chi connectivity index (χ4v) is 2.46. The van der Waals surface area contributed by atoms with Crippen molar-refractivity contribution in [3.63, 3.8) is 0 Å². The molecular formula is C13H20FN3. The molecular weight excluding hydrogens is 217 g/mol. The van der Waals surface area contributed by atoms with Gasteiger partial charge in [0.1, 0.15) is 5.82 Å². The van der Waals surface area contributed by atoms with Crippen molar-refractivity contribution < 1.29 is 4.39 Å². The highest BCUT2D eigenvalue weighted by atomic mass is 19.1. The van der Waals surface area contributed by atoms with Crippen molar-refractivity contribution in [1.29, 1.82) is 0 Å². The van der Waals surface area contributed by atoms with E-state index in [1.807, 2.05) is 18.0 Å². The molecule has 1 aliphatic rings. The highest BCUT2D eigenvalue weighted by molar-refractivity contribution is 5.37. The van der Waals surface area contributed by atoms with E-state index in [9.17, 15) is 4.39 Å². The van der Waals surface area contributed by atoms with Gasteiger partial charge in [0.25, 0.3) is 0 Å². The maximum Gasteiger partial charge on any atom is 0.214 e. The summed E-state index contributed by atoms with van der Waals surface area (Å²) in [5.74, 6) is 0.292. The Morgan fingerprint density at radius 2 is 2.00 bits per heavy atom. The third-order valence-electron chi connectivity index (χ3n) is 3.86. The minimum absolute atomic E-state index is 0.239. The van der Waals surface area contributed by atoms with Crippen LogP contribution in [-0.4, -0.2) is 43.1 Å². The Bertz CT molecular complexity index is 388. The lowest BCUT2D eigenvalue weighted by Crippen LogP contribution is -2.56. The number of anilines is 1. The summed E-state index contributed by atoms with van der Waals surface area (Å²) in [6.45, 7) is 0.899. The number of hydrogen-bond acceptors (Lipinski definition) is 3. The van der Waals surface area contributed by atoms with Crippen LogP contribution in [-0.2, 0) is 0 Å². The molecule has 0 spiro atoms. The Labute approximate surface area is 102 Å². The van der Waals surface area contributed by atoms with Gasteiger partial charge in [0.2, 0.25) is 5.95 Å². The second-order valence-electron chi connectivity index (χ2n) is 5.15. The van der Waals surface area contributed by atoms with Crippen LogP contribution in [0.15, 0.2) is 18.2 Å². The SMILES string of the molecule is CN(CC1(N(C)C)CCC1)c1cccc(F)n1. The molecule has 3 nitrogen and oxygen atoms in total. The van der Waals surface area contributed by atoms with Gasteiger partial charge in [-0.25, -0.2) is 4.98 Å². The summed E-state index contributed by atoms with van der Waals surface area (Å²) in [7, 11) is 6.21. The minimum atomic E-state index is -0.415. The third kappa shape index (κ3) is 2.41. The van der Waals surface area contributed by atoms with Crippen molar-refractivity contribution in [3.8, 4) is 0 Å². The Morgan fingerprint density at radius 3 is 2.47 bits per heavy atom. The maximum absolute atomic E-state index is 13.1. The van der Waals surface area contributed by atoms with Gasteiger partial charge >= 0.3 is 0 Å². The molecule has 0 aromatic carbocycles. The van der Waals surface area contributed by atoms with Gasteiger partial charge in [-0.2, -0.15) is 4.39 Å². The summed E-state index contributed by atoms with van der Waals surface area (Å²) in [5, 5.41) is 0. The zero-order valence-electron chi connectivity index (χ0n) is 10.8. The molecule has 1 fully saturated rings. The van der Waals surface area contributed by atoms with Crippen LogP contribution in [0.2, 0.25) is 0 Å². The fourth-order valence-electron chi connectivity index (χ4n) is 2.46. The van der Waals surface area contributed by atoms with Gasteiger partial charge < -0.3 is 9.80 Å². The fraction of sp³-hybridized carbons (Fsp3) is 0.615. The van der Waals surface area contributed by atoms with Crippen LogP contribution in [0.3, 0.4) is 0 Å². The zero-order chi connectivity index (χ0) is 12.5. The second kappa shape index (κ2) is 4.61. The van der Waals surface area contributed by atoms with Crippen LogP contribution < -0.4 is 4.90 Å². The standard InChI is InChI=1S/C13H20FN3/c1-16(2)13(8-5-9-13)10-17(3)12-7-4-6-11(14)15-12/h4,6-7H,5,8-10H2,1-3H3. The smallest absolute Gasteiger partial charge is 0.214 e. The van der Waals surface area contributed by atoms with Crippen LogP contribution in [0.4, 0.5) is 10.2 Å². The van der Waals surface area contributed by atoms with Crippen molar-refractivity contribution >= 4 is 5.82 Å². The third-order valence-corrected chi connectivity index (χ3v) is 3.86. The Hall–Kier alpha value is -1.16. The van der Waals surface area contributed by atoms with Gasteiger partial charge in [-0.1, -0.05) is 6.07 Å². The largest absolute Gasteiger partial charge is 0.358 e. The first-order valence-corrected chi connectivity index (χ1v) is 6.05. The lowest BCUT2D eigenvalue weighted by atomic mass is 9.75. The number of hydrogen-bond donors (Lipinski definition) is 0. The monoisotopic (exact) mass is 237 g/mol. The van der Waals surface area contributed by atoms with E-state index in [0.717, 1.165) is 6.54 Å². The van der Waals surface area contributed by atoms with Gasteiger partial charge in [-0.15, -0.1) is 0 Å². The van der Waals surface area contributed by atoms with E-state index in [0.29, 0.717) is 5.82 Å². The number of halogens is 1. The summed E-state index contributed by atoms with van der Waals surface area (Å²) < 4.78 is 13.1. The van der Waals surface area contributed by atoms with E-state index in [1.165, 1.54) is 25.3 Å². The number of nitrogens with zero attached hydrogens (tertiary/aromatic N) is 3.